The molecule has 5 heteroatoms. The van der Waals surface area contributed by atoms with Crippen LogP contribution in [0.3, 0.4) is 0 Å². The highest BCUT2D eigenvalue weighted by Crippen LogP contribution is 2.36. The minimum atomic E-state index is 0.287. The first-order valence-electron chi connectivity index (χ1n) is 5.57. The zero-order valence-corrected chi connectivity index (χ0v) is 14.4. The number of benzene rings is 1. The Morgan fingerprint density at radius 3 is 2.35 bits per heavy atom. The highest BCUT2D eigenvalue weighted by molar-refractivity contribution is 9.11. The van der Waals surface area contributed by atoms with Gasteiger partial charge < -0.3 is 10.5 Å². The maximum Gasteiger partial charge on any atom is 0.147 e. The second kappa shape index (κ2) is 7.77. The first-order chi connectivity index (χ1) is 8.04. The zero-order chi connectivity index (χ0) is 12.8. The van der Waals surface area contributed by atoms with Gasteiger partial charge in [0.05, 0.1) is 15.6 Å². The largest absolute Gasteiger partial charge is 0.491 e. The molecule has 0 saturated carbocycles. The molecule has 2 nitrogen and oxygen atoms in total. The third-order valence-corrected chi connectivity index (χ3v) is 4.09. The molecule has 1 rings (SSSR count). The summed E-state index contributed by atoms with van der Waals surface area (Å²) in [7, 11) is 0. The Morgan fingerprint density at radius 2 is 1.82 bits per heavy atom. The summed E-state index contributed by atoms with van der Waals surface area (Å²) in [5.41, 5.74) is 5.85. The Morgan fingerprint density at radius 1 is 1.24 bits per heavy atom. The van der Waals surface area contributed by atoms with Crippen molar-refractivity contribution in [3.63, 3.8) is 0 Å². The van der Waals surface area contributed by atoms with E-state index in [1.807, 2.05) is 12.1 Å². The summed E-state index contributed by atoms with van der Waals surface area (Å²) >= 11 is 10.4. The summed E-state index contributed by atoms with van der Waals surface area (Å²) < 4.78 is 8.64. The summed E-state index contributed by atoms with van der Waals surface area (Å²) in [6, 6.07) is 4.23. The molecule has 0 aromatic heterocycles. The van der Waals surface area contributed by atoms with Gasteiger partial charge in [-0.05, 0) is 63.3 Å². The first-order valence-corrected chi connectivity index (χ1v) is 7.95. The number of nitrogens with two attached hydrogens (primary N) is 1. The molecule has 1 unspecified atom stereocenters. The fourth-order valence-electron chi connectivity index (χ4n) is 1.39. The summed E-state index contributed by atoms with van der Waals surface area (Å²) in [4.78, 5) is 0. The van der Waals surface area contributed by atoms with Gasteiger partial charge in [0, 0.05) is 10.5 Å². The van der Waals surface area contributed by atoms with Crippen LogP contribution in [0.2, 0.25) is 0 Å². The molecule has 0 bridgehead atoms. The maximum atomic E-state index is 5.85. The highest BCUT2D eigenvalue weighted by atomic mass is 79.9. The topological polar surface area (TPSA) is 35.2 Å². The molecule has 0 aliphatic carbocycles. The molecule has 0 radical (unpaired) electrons. The van der Waals surface area contributed by atoms with Gasteiger partial charge in [-0.2, -0.15) is 0 Å². The number of ether oxygens (including phenoxy) is 1. The molecule has 96 valence electrons. The van der Waals surface area contributed by atoms with Crippen LogP contribution in [0.15, 0.2) is 25.6 Å². The summed E-state index contributed by atoms with van der Waals surface area (Å²) in [5.74, 6) is 0.846. The summed E-state index contributed by atoms with van der Waals surface area (Å²) in [6.07, 6.45) is 3.00. The van der Waals surface area contributed by atoms with Crippen LogP contribution >= 0.6 is 47.8 Å². The lowest BCUT2D eigenvalue weighted by atomic mass is 10.1. The molecular formula is C12H16Br3NO. The lowest BCUT2D eigenvalue weighted by Crippen LogP contribution is -2.19. The van der Waals surface area contributed by atoms with Crippen LogP contribution < -0.4 is 10.5 Å². The molecule has 1 aromatic carbocycles. The Balaban J connectivity index is 2.47. The van der Waals surface area contributed by atoms with Gasteiger partial charge in [0.2, 0.25) is 0 Å². The van der Waals surface area contributed by atoms with E-state index < -0.39 is 0 Å². The molecule has 1 atom stereocenters. The number of halogens is 3. The van der Waals surface area contributed by atoms with Crippen molar-refractivity contribution in [1.82, 2.24) is 0 Å². The van der Waals surface area contributed by atoms with E-state index in [0.29, 0.717) is 6.61 Å². The Hall–Kier alpha value is 0.420. The minimum Gasteiger partial charge on any atom is -0.491 e. The van der Waals surface area contributed by atoms with Gasteiger partial charge in [-0.25, -0.2) is 0 Å². The van der Waals surface area contributed by atoms with Crippen molar-refractivity contribution in [2.24, 2.45) is 5.73 Å². The quantitative estimate of drug-likeness (QED) is 0.655. The van der Waals surface area contributed by atoms with Crippen molar-refractivity contribution in [2.75, 3.05) is 6.61 Å². The molecule has 0 amide bonds. The van der Waals surface area contributed by atoms with E-state index in [1.165, 1.54) is 0 Å². The van der Waals surface area contributed by atoms with Crippen molar-refractivity contribution >= 4 is 47.8 Å². The van der Waals surface area contributed by atoms with E-state index in [1.54, 1.807) is 0 Å². The number of hydrogen-bond acceptors (Lipinski definition) is 2. The predicted octanol–water partition coefficient (Wildman–Crippen LogP) is 4.87. The van der Waals surface area contributed by atoms with E-state index in [0.717, 1.165) is 38.4 Å². The van der Waals surface area contributed by atoms with Crippen LogP contribution in [0.4, 0.5) is 0 Å². The van der Waals surface area contributed by atoms with Gasteiger partial charge in [0.25, 0.3) is 0 Å². The minimum absolute atomic E-state index is 0.287. The van der Waals surface area contributed by atoms with Crippen molar-refractivity contribution in [3.8, 4) is 5.75 Å². The molecule has 0 heterocycles. The third kappa shape index (κ3) is 5.28. The number of hydrogen-bond donors (Lipinski definition) is 1. The van der Waals surface area contributed by atoms with E-state index in [4.69, 9.17) is 10.5 Å². The molecule has 0 aliphatic rings. The van der Waals surface area contributed by atoms with Crippen LogP contribution in [-0.2, 0) is 0 Å². The monoisotopic (exact) mass is 427 g/mol. The van der Waals surface area contributed by atoms with Crippen molar-refractivity contribution in [3.05, 3.63) is 25.6 Å². The molecule has 0 fully saturated rings. The van der Waals surface area contributed by atoms with Gasteiger partial charge in [-0.1, -0.05) is 22.9 Å². The van der Waals surface area contributed by atoms with Gasteiger partial charge >= 0.3 is 0 Å². The van der Waals surface area contributed by atoms with Crippen LogP contribution in [0.5, 0.6) is 5.75 Å². The average molecular weight is 430 g/mol. The van der Waals surface area contributed by atoms with Gasteiger partial charge in [-0.15, -0.1) is 0 Å². The van der Waals surface area contributed by atoms with Crippen LogP contribution in [0.1, 0.15) is 26.2 Å². The van der Waals surface area contributed by atoms with Crippen molar-refractivity contribution in [2.45, 2.75) is 32.2 Å². The summed E-state index contributed by atoms with van der Waals surface area (Å²) in [5, 5.41) is 0. The fourth-order valence-corrected chi connectivity index (χ4v) is 3.88. The normalized spacial score (nSPS) is 12.5. The molecule has 17 heavy (non-hydrogen) atoms. The van der Waals surface area contributed by atoms with Crippen molar-refractivity contribution < 1.29 is 4.74 Å². The van der Waals surface area contributed by atoms with Gasteiger partial charge in [0.1, 0.15) is 5.75 Å². The van der Waals surface area contributed by atoms with Crippen LogP contribution in [0, 0.1) is 0 Å². The molecule has 0 saturated heterocycles. The summed E-state index contributed by atoms with van der Waals surface area (Å²) in [6.45, 7) is 2.79. The lowest BCUT2D eigenvalue weighted by molar-refractivity contribution is 0.297. The van der Waals surface area contributed by atoms with E-state index in [-0.39, 0.29) is 6.04 Å². The van der Waals surface area contributed by atoms with Crippen molar-refractivity contribution in [1.29, 1.82) is 0 Å². The predicted molar refractivity (Wildman–Crippen MR) is 82.5 cm³/mol. The Labute approximate surface area is 128 Å². The van der Waals surface area contributed by atoms with Gasteiger partial charge in [-0.3, -0.25) is 0 Å². The average Bonchev–Trinajstić information content (AvgIpc) is 2.26. The SMILES string of the molecule is CCC(N)CCCOc1c(Br)cc(Br)cc1Br. The first kappa shape index (κ1) is 15.5. The molecule has 0 spiro atoms. The second-order valence-electron chi connectivity index (χ2n) is 3.86. The van der Waals surface area contributed by atoms with Crippen LogP contribution in [0.25, 0.3) is 0 Å². The van der Waals surface area contributed by atoms with E-state index >= 15 is 0 Å². The van der Waals surface area contributed by atoms with Crippen LogP contribution in [-0.4, -0.2) is 12.6 Å². The Kier molecular flexibility index (Phi) is 7.07. The standard InChI is InChI=1S/C12H16Br3NO/c1-2-9(16)4-3-5-17-12-10(14)6-8(13)7-11(12)15/h6-7,9H,2-5,16H2,1H3. The maximum absolute atomic E-state index is 5.85. The van der Waals surface area contributed by atoms with E-state index in [2.05, 4.69) is 54.7 Å². The lowest BCUT2D eigenvalue weighted by Gasteiger charge is -2.12. The molecular weight excluding hydrogens is 414 g/mol. The van der Waals surface area contributed by atoms with E-state index in [9.17, 15) is 0 Å². The van der Waals surface area contributed by atoms with Gasteiger partial charge in [0.15, 0.2) is 0 Å². The Bertz CT molecular complexity index is 348. The zero-order valence-electron chi connectivity index (χ0n) is 9.68. The fraction of sp³-hybridized carbons (Fsp3) is 0.500. The molecule has 1 aromatic rings. The molecule has 2 N–H and O–H groups in total. The smallest absolute Gasteiger partial charge is 0.147 e. The second-order valence-corrected chi connectivity index (χ2v) is 6.48. The highest BCUT2D eigenvalue weighted by Gasteiger charge is 2.08. The number of rotatable bonds is 6. The third-order valence-electron chi connectivity index (χ3n) is 2.45. The molecule has 0 aliphatic heterocycles.